The maximum atomic E-state index is 6.44. The van der Waals surface area contributed by atoms with E-state index in [1.807, 2.05) is 30.5 Å². The second-order valence-electron chi connectivity index (χ2n) is 6.88. The van der Waals surface area contributed by atoms with Crippen molar-refractivity contribution in [3.05, 3.63) is 64.4 Å². The van der Waals surface area contributed by atoms with E-state index in [1.54, 1.807) is 6.07 Å². The van der Waals surface area contributed by atoms with Gasteiger partial charge in [-0.1, -0.05) is 35.3 Å². The second kappa shape index (κ2) is 7.75. The van der Waals surface area contributed by atoms with Gasteiger partial charge in [0.15, 0.2) is 0 Å². The molecule has 0 amide bonds. The topological polar surface area (TPSA) is 88.1 Å². The molecule has 0 radical (unpaired) electrons. The van der Waals surface area contributed by atoms with Gasteiger partial charge in [-0.05, 0) is 18.2 Å². The highest BCUT2D eigenvalue weighted by Gasteiger charge is 2.17. The van der Waals surface area contributed by atoms with Crippen LogP contribution >= 0.6 is 23.2 Å². The van der Waals surface area contributed by atoms with E-state index in [0.29, 0.717) is 52.3 Å². The van der Waals surface area contributed by atoms with Crippen molar-refractivity contribution < 1.29 is 9.47 Å². The molecule has 2 aromatic carbocycles. The number of hydrogen-bond donors (Lipinski definition) is 1. The van der Waals surface area contributed by atoms with Crippen LogP contribution in [-0.4, -0.2) is 26.1 Å². The third kappa shape index (κ3) is 3.35. The number of nitrogens with zero attached hydrogens (tertiary/aromatic N) is 4. The SMILES string of the molecule is Nc1ncnc2c(-c3cccc(Cl)c3Cl)ccc(OCc3cn4c(n3)COCC4)c12. The van der Waals surface area contributed by atoms with E-state index in [-0.39, 0.29) is 0 Å². The predicted molar refractivity (Wildman–Crippen MR) is 116 cm³/mol. The third-order valence-corrected chi connectivity index (χ3v) is 5.83. The van der Waals surface area contributed by atoms with E-state index < -0.39 is 0 Å². The lowest BCUT2D eigenvalue weighted by molar-refractivity contribution is 0.0816. The summed E-state index contributed by atoms with van der Waals surface area (Å²) in [5.41, 5.74) is 9.22. The van der Waals surface area contributed by atoms with Crippen molar-refractivity contribution >= 4 is 39.9 Å². The summed E-state index contributed by atoms with van der Waals surface area (Å²) in [6, 6.07) is 9.21. The summed E-state index contributed by atoms with van der Waals surface area (Å²) >= 11 is 12.6. The Labute approximate surface area is 182 Å². The number of ether oxygens (including phenoxy) is 2. The van der Waals surface area contributed by atoms with E-state index in [4.69, 9.17) is 38.4 Å². The van der Waals surface area contributed by atoms with Gasteiger partial charge in [0.2, 0.25) is 0 Å². The molecule has 4 aromatic rings. The molecule has 0 bridgehead atoms. The molecule has 0 unspecified atom stereocenters. The fourth-order valence-electron chi connectivity index (χ4n) is 3.59. The Morgan fingerprint density at radius 2 is 2.03 bits per heavy atom. The van der Waals surface area contributed by atoms with Crippen molar-refractivity contribution in [2.24, 2.45) is 0 Å². The van der Waals surface area contributed by atoms with Crippen LogP contribution in [-0.2, 0) is 24.5 Å². The van der Waals surface area contributed by atoms with Gasteiger partial charge in [-0.2, -0.15) is 0 Å². The first kappa shape index (κ1) is 19.1. The van der Waals surface area contributed by atoms with Crippen molar-refractivity contribution in [3.63, 3.8) is 0 Å². The molecule has 30 heavy (non-hydrogen) atoms. The van der Waals surface area contributed by atoms with E-state index in [0.717, 1.165) is 29.2 Å². The Morgan fingerprint density at radius 3 is 2.90 bits per heavy atom. The van der Waals surface area contributed by atoms with Gasteiger partial charge in [0, 0.05) is 23.9 Å². The summed E-state index contributed by atoms with van der Waals surface area (Å²) in [6.45, 7) is 2.29. The predicted octanol–water partition coefficient (Wildman–Crippen LogP) is 4.49. The van der Waals surface area contributed by atoms with E-state index in [9.17, 15) is 0 Å². The number of benzene rings is 2. The van der Waals surface area contributed by atoms with E-state index in [2.05, 4.69) is 19.5 Å². The highest BCUT2D eigenvalue weighted by Crippen LogP contribution is 2.40. The third-order valence-electron chi connectivity index (χ3n) is 5.01. The van der Waals surface area contributed by atoms with Gasteiger partial charge in [0.25, 0.3) is 0 Å². The molecule has 0 saturated heterocycles. The van der Waals surface area contributed by atoms with Gasteiger partial charge in [-0.25, -0.2) is 15.0 Å². The van der Waals surface area contributed by atoms with E-state index in [1.165, 1.54) is 6.33 Å². The molecule has 152 valence electrons. The fourth-order valence-corrected chi connectivity index (χ4v) is 3.99. The summed E-state index contributed by atoms with van der Waals surface area (Å²) in [4.78, 5) is 13.2. The molecule has 7 nitrogen and oxygen atoms in total. The zero-order chi connectivity index (χ0) is 20.7. The maximum Gasteiger partial charge on any atom is 0.138 e. The number of nitrogen functional groups attached to an aromatic ring is 1. The van der Waals surface area contributed by atoms with Crippen LogP contribution in [0.2, 0.25) is 10.0 Å². The molecule has 0 atom stereocenters. The smallest absolute Gasteiger partial charge is 0.138 e. The number of nitrogens with two attached hydrogens (primary N) is 1. The largest absolute Gasteiger partial charge is 0.486 e. The van der Waals surface area contributed by atoms with Crippen molar-refractivity contribution in [2.75, 3.05) is 12.3 Å². The van der Waals surface area contributed by atoms with Crippen LogP contribution in [0.3, 0.4) is 0 Å². The van der Waals surface area contributed by atoms with Crippen molar-refractivity contribution in [1.29, 1.82) is 0 Å². The number of aromatic nitrogens is 4. The van der Waals surface area contributed by atoms with Gasteiger partial charge >= 0.3 is 0 Å². The minimum absolute atomic E-state index is 0.292. The van der Waals surface area contributed by atoms with Crippen LogP contribution in [0.1, 0.15) is 11.5 Å². The fraction of sp³-hybridized carbons (Fsp3) is 0.190. The van der Waals surface area contributed by atoms with Crippen molar-refractivity contribution in [3.8, 4) is 16.9 Å². The van der Waals surface area contributed by atoms with Crippen molar-refractivity contribution in [1.82, 2.24) is 19.5 Å². The number of hydrogen-bond acceptors (Lipinski definition) is 6. The van der Waals surface area contributed by atoms with Gasteiger partial charge in [-0.15, -0.1) is 0 Å². The number of rotatable bonds is 4. The maximum absolute atomic E-state index is 6.44. The summed E-state index contributed by atoms with van der Waals surface area (Å²) in [5, 5.41) is 1.55. The normalized spacial score (nSPS) is 13.4. The summed E-state index contributed by atoms with van der Waals surface area (Å²) in [7, 11) is 0. The van der Waals surface area contributed by atoms with Gasteiger partial charge in [0.1, 0.15) is 36.9 Å². The molecule has 0 saturated carbocycles. The summed E-state index contributed by atoms with van der Waals surface area (Å²) in [5.74, 6) is 1.80. The molecule has 2 N–H and O–H groups in total. The van der Waals surface area contributed by atoms with Crippen LogP contribution in [0.5, 0.6) is 5.75 Å². The number of anilines is 1. The zero-order valence-corrected chi connectivity index (χ0v) is 17.3. The Morgan fingerprint density at radius 1 is 1.13 bits per heavy atom. The van der Waals surface area contributed by atoms with Crippen LogP contribution in [0.15, 0.2) is 42.9 Å². The van der Waals surface area contributed by atoms with Crippen LogP contribution < -0.4 is 10.5 Å². The summed E-state index contributed by atoms with van der Waals surface area (Å²) < 4.78 is 13.6. The first-order valence-electron chi connectivity index (χ1n) is 9.35. The molecular weight excluding hydrogens is 425 g/mol. The molecule has 9 heteroatoms. The molecule has 0 aliphatic carbocycles. The van der Waals surface area contributed by atoms with Gasteiger partial charge in [-0.3, -0.25) is 0 Å². The Hall–Kier alpha value is -2.87. The van der Waals surface area contributed by atoms with E-state index >= 15 is 0 Å². The molecule has 0 fully saturated rings. The first-order chi connectivity index (χ1) is 14.6. The average Bonchev–Trinajstić information content (AvgIpc) is 3.17. The molecule has 1 aliphatic heterocycles. The van der Waals surface area contributed by atoms with Crippen LogP contribution in [0.4, 0.5) is 5.82 Å². The van der Waals surface area contributed by atoms with Crippen LogP contribution in [0, 0.1) is 0 Å². The molecular formula is C21H17Cl2N5O2. The Balaban J connectivity index is 1.54. The quantitative estimate of drug-likeness (QED) is 0.501. The van der Waals surface area contributed by atoms with Crippen molar-refractivity contribution in [2.45, 2.75) is 19.8 Å². The molecule has 5 rings (SSSR count). The molecule has 3 heterocycles. The Kier molecular flexibility index (Phi) is 4.94. The lowest BCUT2D eigenvalue weighted by atomic mass is 10.0. The zero-order valence-electron chi connectivity index (χ0n) is 15.8. The lowest BCUT2D eigenvalue weighted by Gasteiger charge is -2.14. The number of fused-ring (bicyclic) bond motifs is 2. The standard InChI is InChI=1S/C21H17Cl2N5O2/c22-15-3-1-2-13(19(15)23)14-4-5-16(18-20(14)25-11-26-21(18)24)30-9-12-8-28-6-7-29-10-17(28)27-12/h1-5,8,11H,6-7,9-10H2,(H2,24,25,26). The van der Waals surface area contributed by atoms with Crippen LogP contribution in [0.25, 0.3) is 22.0 Å². The Bertz CT molecular complexity index is 1230. The molecule has 2 aromatic heterocycles. The first-order valence-corrected chi connectivity index (χ1v) is 10.1. The molecule has 1 aliphatic rings. The number of halogens is 2. The average molecular weight is 442 g/mol. The minimum Gasteiger partial charge on any atom is -0.486 e. The molecule has 0 spiro atoms. The highest BCUT2D eigenvalue weighted by molar-refractivity contribution is 6.44. The summed E-state index contributed by atoms with van der Waals surface area (Å²) in [6.07, 6.45) is 3.41. The monoisotopic (exact) mass is 441 g/mol. The van der Waals surface area contributed by atoms with Gasteiger partial charge < -0.3 is 19.8 Å². The van der Waals surface area contributed by atoms with Gasteiger partial charge in [0.05, 0.1) is 33.2 Å². The highest BCUT2D eigenvalue weighted by atomic mass is 35.5. The second-order valence-corrected chi connectivity index (χ2v) is 7.66. The lowest BCUT2D eigenvalue weighted by Crippen LogP contribution is -2.15. The number of imidazole rings is 1. The minimum atomic E-state index is 0.292.